The van der Waals surface area contributed by atoms with Gasteiger partial charge in [0.05, 0.1) is 54.1 Å². The second kappa shape index (κ2) is 7.02. The van der Waals surface area contributed by atoms with E-state index in [9.17, 15) is 0 Å². The molecule has 0 amide bonds. The van der Waals surface area contributed by atoms with Crippen LogP contribution in [0.2, 0.25) is 0 Å². The number of aryl methyl sites for hydroxylation is 1. The van der Waals surface area contributed by atoms with Crippen molar-refractivity contribution < 1.29 is 4.74 Å². The zero-order chi connectivity index (χ0) is 21.7. The molecule has 0 spiro atoms. The van der Waals surface area contributed by atoms with Crippen LogP contribution in [0.4, 0.5) is 0 Å². The fourth-order valence-corrected chi connectivity index (χ4v) is 3.87. The number of rotatable bonds is 4. The summed E-state index contributed by atoms with van der Waals surface area (Å²) in [4.78, 5) is 21.1. The number of H-pyrrole nitrogens is 2. The molecular formula is C23H18N8O. The fourth-order valence-electron chi connectivity index (χ4n) is 3.87. The van der Waals surface area contributed by atoms with Gasteiger partial charge >= 0.3 is 0 Å². The summed E-state index contributed by atoms with van der Waals surface area (Å²) in [6, 6.07) is 7.95. The highest BCUT2D eigenvalue weighted by atomic mass is 16.5. The Bertz CT molecular complexity index is 1590. The Morgan fingerprint density at radius 3 is 2.78 bits per heavy atom. The van der Waals surface area contributed by atoms with E-state index in [1.807, 2.05) is 35.9 Å². The summed E-state index contributed by atoms with van der Waals surface area (Å²) in [5.74, 6) is 0.681. The Labute approximate surface area is 182 Å². The quantitative estimate of drug-likeness (QED) is 0.443. The van der Waals surface area contributed by atoms with Gasteiger partial charge in [0.25, 0.3) is 0 Å². The van der Waals surface area contributed by atoms with Crippen molar-refractivity contribution in [2.75, 3.05) is 7.11 Å². The molecule has 0 aromatic carbocycles. The summed E-state index contributed by atoms with van der Waals surface area (Å²) in [5, 5.41) is 9.56. The highest BCUT2D eigenvalue weighted by Gasteiger charge is 2.15. The lowest BCUT2D eigenvalue weighted by molar-refractivity contribution is 0.413. The van der Waals surface area contributed by atoms with Gasteiger partial charge in [0.1, 0.15) is 17.1 Å². The van der Waals surface area contributed by atoms with Crippen molar-refractivity contribution in [3.8, 4) is 34.1 Å². The molecule has 0 unspecified atom stereocenters. The number of hydrogen-bond acceptors (Lipinski definition) is 6. The summed E-state index contributed by atoms with van der Waals surface area (Å²) in [6.07, 6.45) is 10.8. The van der Waals surface area contributed by atoms with Gasteiger partial charge in [-0.15, -0.1) is 0 Å². The van der Waals surface area contributed by atoms with Crippen LogP contribution in [0.15, 0.2) is 61.6 Å². The summed E-state index contributed by atoms with van der Waals surface area (Å²) < 4.78 is 7.29. The number of hydrogen-bond donors (Lipinski definition) is 2. The molecule has 6 aromatic rings. The molecule has 0 aliphatic rings. The van der Waals surface area contributed by atoms with Crippen molar-refractivity contribution in [1.29, 1.82) is 0 Å². The van der Waals surface area contributed by atoms with E-state index in [1.165, 1.54) is 0 Å². The Morgan fingerprint density at radius 2 is 1.94 bits per heavy atom. The number of nitrogens with one attached hydrogen (secondary N) is 2. The summed E-state index contributed by atoms with van der Waals surface area (Å²) in [7, 11) is 1.62. The van der Waals surface area contributed by atoms with Gasteiger partial charge < -0.3 is 14.3 Å². The largest absolute Gasteiger partial charge is 0.495 e. The zero-order valence-electron chi connectivity index (χ0n) is 17.4. The molecule has 6 rings (SSSR count). The molecule has 0 bridgehead atoms. The molecule has 2 N–H and O–H groups in total. The maximum Gasteiger partial charge on any atom is 0.139 e. The van der Waals surface area contributed by atoms with Crippen molar-refractivity contribution in [1.82, 2.24) is 39.7 Å². The van der Waals surface area contributed by atoms with Crippen molar-refractivity contribution in [2.45, 2.75) is 6.92 Å². The number of ether oxygens (including phenoxy) is 1. The zero-order valence-corrected chi connectivity index (χ0v) is 17.4. The van der Waals surface area contributed by atoms with Crippen LogP contribution in [0.3, 0.4) is 0 Å². The van der Waals surface area contributed by atoms with Gasteiger partial charge in [0.2, 0.25) is 0 Å². The average molecular weight is 422 g/mol. The second-order valence-corrected chi connectivity index (χ2v) is 7.50. The SMILES string of the molecule is COc1cncc(-c2cc3c(-c4cc5c(-n6cnc(C)c6)ccnc5[nH]4)n[nH]c3cn2)c1. The van der Waals surface area contributed by atoms with E-state index in [0.717, 1.165) is 56.0 Å². The van der Waals surface area contributed by atoms with Crippen molar-refractivity contribution >= 4 is 21.9 Å². The minimum atomic E-state index is 0.681. The maximum absolute atomic E-state index is 5.30. The van der Waals surface area contributed by atoms with Gasteiger partial charge in [-0.2, -0.15) is 5.10 Å². The van der Waals surface area contributed by atoms with Crippen LogP contribution in [-0.4, -0.2) is 46.8 Å². The maximum atomic E-state index is 5.30. The highest BCUT2D eigenvalue weighted by Crippen LogP contribution is 2.32. The molecule has 32 heavy (non-hydrogen) atoms. The number of pyridine rings is 3. The summed E-state index contributed by atoms with van der Waals surface area (Å²) in [5.41, 5.74) is 6.90. The second-order valence-electron chi connectivity index (χ2n) is 7.50. The first-order valence-corrected chi connectivity index (χ1v) is 10.0. The predicted molar refractivity (Wildman–Crippen MR) is 121 cm³/mol. The van der Waals surface area contributed by atoms with Gasteiger partial charge in [-0.1, -0.05) is 0 Å². The van der Waals surface area contributed by atoms with Gasteiger partial charge in [0.15, 0.2) is 0 Å². The third kappa shape index (κ3) is 2.90. The van der Waals surface area contributed by atoms with E-state index >= 15 is 0 Å². The molecule has 0 saturated heterocycles. The van der Waals surface area contributed by atoms with Crippen molar-refractivity contribution in [2.24, 2.45) is 0 Å². The Hall–Kier alpha value is -4.53. The predicted octanol–water partition coefficient (Wildman–Crippen LogP) is 4.07. The number of aromatic nitrogens is 8. The van der Waals surface area contributed by atoms with Gasteiger partial charge in [-0.25, -0.2) is 9.97 Å². The number of imidazole rings is 1. The van der Waals surface area contributed by atoms with E-state index in [4.69, 9.17) is 4.74 Å². The lowest BCUT2D eigenvalue weighted by atomic mass is 10.1. The normalized spacial score (nSPS) is 11.4. The third-order valence-corrected chi connectivity index (χ3v) is 5.45. The minimum Gasteiger partial charge on any atom is -0.495 e. The first kappa shape index (κ1) is 18.3. The monoisotopic (exact) mass is 422 g/mol. The first-order valence-electron chi connectivity index (χ1n) is 10.0. The minimum absolute atomic E-state index is 0.681. The molecule has 0 radical (unpaired) electrons. The number of methoxy groups -OCH3 is 1. The van der Waals surface area contributed by atoms with E-state index in [2.05, 4.69) is 41.2 Å². The lowest BCUT2D eigenvalue weighted by Crippen LogP contribution is -1.91. The summed E-state index contributed by atoms with van der Waals surface area (Å²) >= 11 is 0. The number of nitrogens with zero attached hydrogens (tertiary/aromatic N) is 6. The van der Waals surface area contributed by atoms with Crippen LogP contribution >= 0.6 is 0 Å². The average Bonchev–Trinajstić information content (AvgIpc) is 3.55. The molecule has 0 fully saturated rings. The topological polar surface area (TPSA) is 110 Å². The van der Waals surface area contributed by atoms with Crippen LogP contribution < -0.4 is 4.74 Å². The molecule has 0 aliphatic heterocycles. The van der Waals surface area contributed by atoms with E-state index in [-0.39, 0.29) is 0 Å². The molecule has 0 saturated carbocycles. The molecule has 156 valence electrons. The van der Waals surface area contributed by atoms with Gasteiger partial charge in [-0.05, 0) is 31.2 Å². The fraction of sp³-hybridized carbons (Fsp3) is 0.0870. The van der Waals surface area contributed by atoms with Gasteiger partial charge in [-0.3, -0.25) is 15.1 Å². The molecule has 6 heterocycles. The van der Waals surface area contributed by atoms with Gasteiger partial charge in [0, 0.05) is 34.9 Å². The van der Waals surface area contributed by atoms with Crippen LogP contribution in [0.5, 0.6) is 5.75 Å². The van der Waals surface area contributed by atoms with Crippen LogP contribution in [0.25, 0.3) is 50.3 Å². The number of fused-ring (bicyclic) bond motifs is 2. The van der Waals surface area contributed by atoms with Crippen LogP contribution in [-0.2, 0) is 0 Å². The Morgan fingerprint density at radius 1 is 1.00 bits per heavy atom. The van der Waals surface area contributed by atoms with Crippen molar-refractivity contribution in [3.05, 3.63) is 67.3 Å². The molecular weight excluding hydrogens is 404 g/mol. The van der Waals surface area contributed by atoms with E-state index in [1.54, 1.807) is 38.2 Å². The molecule has 6 aromatic heterocycles. The molecule has 0 aliphatic carbocycles. The first-order chi connectivity index (χ1) is 15.7. The smallest absolute Gasteiger partial charge is 0.139 e. The molecule has 9 heteroatoms. The van der Waals surface area contributed by atoms with Crippen LogP contribution in [0, 0.1) is 6.92 Å². The van der Waals surface area contributed by atoms with Crippen LogP contribution in [0.1, 0.15) is 5.69 Å². The summed E-state index contributed by atoms with van der Waals surface area (Å²) in [6.45, 7) is 1.97. The standard InChI is InChI=1S/C23H18N8O/c1-13-11-31(12-27-13)21-3-4-25-23-17(21)7-19(28-23)22-16-6-18(26-10-20(16)29-30-22)14-5-15(32-2)9-24-8-14/h3-12H,1-2H3,(H,25,28)(H,29,30). The molecule has 9 nitrogen and oxygen atoms in total. The van der Waals surface area contributed by atoms with E-state index in [0.29, 0.717) is 5.75 Å². The highest BCUT2D eigenvalue weighted by molar-refractivity contribution is 5.97. The lowest BCUT2D eigenvalue weighted by Gasteiger charge is -2.04. The van der Waals surface area contributed by atoms with Crippen molar-refractivity contribution in [3.63, 3.8) is 0 Å². The molecule has 0 atom stereocenters. The number of aromatic amines is 2. The Balaban J connectivity index is 1.49. The Kier molecular flexibility index (Phi) is 4.00. The van der Waals surface area contributed by atoms with E-state index < -0.39 is 0 Å². The third-order valence-electron chi connectivity index (χ3n) is 5.45.